The van der Waals surface area contributed by atoms with E-state index < -0.39 is 0 Å². The van der Waals surface area contributed by atoms with Crippen molar-refractivity contribution in [2.75, 3.05) is 9.80 Å². The maximum atomic E-state index is 2.56. The topological polar surface area (TPSA) is 11.4 Å². The molecule has 11 aromatic rings. The van der Waals surface area contributed by atoms with Crippen LogP contribution in [0.4, 0.5) is 34.1 Å². The fraction of sp³-hybridized carbons (Fsp3) is 0. The highest BCUT2D eigenvalue weighted by Gasteiger charge is 2.44. The van der Waals surface area contributed by atoms with Gasteiger partial charge in [0.1, 0.15) is 0 Å². The molecule has 3 heterocycles. The molecule has 2 aliphatic rings. The molecular weight excluding hydrogens is 773 g/mol. The summed E-state index contributed by atoms with van der Waals surface area (Å²) in [5.74, 6) is 0. The van der Waals surface area contributed by atoms with Gasteiger partial charge in [0.25, 0.3) is 6.71 Å². The molecule has 0 aliphatic carbocycles. The molecule has 0 fully saturated rings. The van der Waals surface area contributed by atoms with Crippen molar-refractivity contribution in [1.29, 1.82) is 0 Å². The van der Waals surface area contributed by atoms with Gasteiger partial charge in [0.05, 0.1) is 16.7 Å². The third kappa shape index (κ3) is 5.63. The van der Waals surface area contributed by atoms with Gasteiger partial charge in [-0.3, -0.25) is 0 Å². The minimum Gasteiger partial charge on any atom is -0.311 e. The highest BCUT2D eigenvalue weighted by atomic mass is 15.2. The monoisotopic (exact) mass is 813 g/mol. The quantitative estimate of drug-likeness (QED) is 0.155. The van der Waals surface area contributed by atoms with Crippen LogP contribution in [0.25, 0.3) is 60.9 Å². The van der Waals surface area contributed by atoms with Gasteiger partial charge in [0, 0.05) is 44.9 Å². The molecule has 0 radical (unpaired) electrons. The first-order valence-electron chi connectivity index (χ1n) is 22.1. The lowest BCUT2D eigenvalue weighted by Gasteiger charge is -2.44. The Hall–Kier alpha value is -8.34. The Morgan fingerprint density at radius 3 is 1.52 bits per heavy atom. The SMILES string of the molecule is c1ccc(-c2ccc(N3c4cccc5c4B(c4ccc(-c6ccccc6)cc4N5c4cccc(-c5ccccc5)c4)c4ccc5c(c43)c3ccccc3n5-c3ccccc3)cc2)cc1. The molecule has 3 nitrogen and oxygen atoms in total. The van der Waals surface area contributed by atoms with Crippen LogP contribution in [-0.4, -0.2) is 11.3 Å². The van der Waals surface area contributed by atoms with Crippen molar-refractivity contribution in [3.05, 3.63) is 243 Å². The third-order valence-corrected chi connectivity index (χ3v) is 13.4. The standard InChI is InChI=1S/C60H40BN3/c1-5-17-41(18-6-1)44-31-34-48(35-32-44)64-56-30-16-29-55-59(56)61(52-37-38-54-58(60(52)64)50-27-13-14-28-53(50)62(54)47-24-11-4-12-25-47)51-36-33-46(43-21-9-3-10-22-43)40-57(51)63(55)49-26-15-23-45(39-49)42-19-7-2-8-20-42/h1-40H. The molecule has 13 rings (SSSR count). The van der Waals surface area contributed by atoms with Crippen LogP contribution >= 0.6 is 0 Å². The van der Waals surface area contributed by atoms with Gasteiger partial charge in [0.2, 0.25) is 0 Å². The van der Waals surface area contributed by atoms with Crippen LogP contribution in [0, 0.1) is 0 Å². The minimum atomic E-state index is -0.0299. The summed E-state index contributed by atoms with van der Waals surface area (Å²) in [7, 11) is 0. The van der Waals surface area contributed by atoms with Crippen molar-refractivity contribution in [1.82, 2.24) is 4.57 Å². The number of fused-ring (bicyclic) bond motifs is 8. The number of hydrogen-bond acceptors (Lipinski definition) is 2. The van der Waals surface area contributed by atoms with E-state index in [1.54, 1.807) is 0 Å². The maximum absolute atomic E-state index is 2.56. The molecule has 10 aromatic carbocycles. The lowest BCUT2D eigenvalue weighted by molar-refractivity contribution is 1.18. The van der Waals surface area contributed by atoms with E-state index in [1.165, 1.54) is 94.3 Å². The molecule has 4 heteroatoms. The van der Waals surface area contributed by atoms with Crippen molar-refractivity contribution >= 4 is 79.0 Å². The predicted molar refractivity (Wildman–Crippen MR) is 271 cm³/mol. The van der Waals surface area contributed by atoms with Crippen LogP contribution in [0.1, 0.15) is 0 Å². The first-order chi connectivity index (χ1) is 31.8. The van der Waals surface area contributed by atoms with Crippen LogP contribution < -0.4 is 26.2 Å². The summed E-state index contributed by atoms with van der Waals surface area (Å²) in [6, 6.07) is 89.0. The van der Waals surface area contributed by atoms with Gasteiger partial charge in [-0.15, -0.1) is 0 Å². The second-order valence-electron chi connectivity index (χ2n) is 16.9. The number of hydrogen-bond donors (Lipinski definition) is 0. The van der Waals surface area contributed by atoms with Gasteiger partial charge in [-0.2, -0.15) is 0 Å². The van der Waals surface area contributed by atoms with Crippen LogP contribution in [0.15, 0.2) is 243 Å². The van der Waals surface area contributed by atoms with E-state index >= 15 is 0 Å². The molecule has 0 N–H and O–H groups in total. The summed E-state index contributed by atoms with van der Waals surface area (Å²) < 4.78 is 2.44. The van der Waals surface area contributed by atoms with Crippen molar-refractivity contribution in [3.63, 3.8) is 0 Å². The number of para-hydroxylation sites is 2. The normalized spacial score (nSPS) is 12.6. The fourth-order valence-corrected chi connectivity index (χ4v) is 10.6. The second-order valence-corrected chi connectivity index (χ2v) is 16.9. The van der Waals surface area contributed by atoms with E-state index in [4.69, 9.17) is 0 Å². The van der Waals surface area contributed by atoms with Gasteiger partial charge in [-0.05, 0) is 116 Å². The fourth-order valence-electron chi connectivity index (χ4n) is 10.6. The second kappa shape index (κ2) is 14.6. The average Bonchev–Trinajstić information content (AvgIpc) is 3.72. The van der Waals surface area contributed by atoms with Gasteiger partial charge >= 0.3 is 0 Å². The average molecular weight is 814 g/mol. The molecule has 298 valence electrons. The molecule has 0 unspecified atom stereocenters. The largest absolute Gasteiger partial charge is 0.311 e. The number of anilines is 6. The first kappa shape index (κ1) is 36.3. The van der Waals surface area contributed by atoms with Crippen LogP contribution in [0.2, 0.25) is 0 Å². The molecule has 0 bridgehead atoms. The van der Waals surface area contributed by atoms with Gasteiger partial charge in [-0.25, -0.2) is 0 Å². The zero-order chi connectivity index (χ0) is 42.1. The van der Waals surface area contributed by atoms with E-state index in [9.17, 15) is 0 Å². The lowest BCUT2D eigenvalue weighted by Crippen LogP contribution is -2.61. The summed E-state index contributed by atoms with van der Waals surface area (Å²) in [5, 5.41) is 2.49. The lowest BCUT2D eigenvalue weighted by atomic mass is 9.33. The summed E-state index contributed by atoms with van der Waals surface area (Å²) in [5.41, 5.74) is 21.7. The Kier molecular flexibility index (Phi) is 8.32. The zero-order valence-corrected chi connectivity index (χ0v) is 35.0. The van der Waals surface area contributed by atoms with E-state index in [0.717, 1.165) is 17.1 Å². The molecule has 0 atom stereocenters. The van der Waals surface area contributed by atoms with E-state index in [0.29, 0.717) is 0 Å². The molecule has 0 saturated carbocycles. The van der Waals surface area contributed by atoms with Crippen molar-refractivity contribution in [3.8, 4) is 39.1 Å². The Balaban J connectivity index is 1.12. The number of benzene rings is 10. The van der Waals surface area contributed by atoms with E-state index in [1.807, 2.05) is 0 Å². The number of aromatic nitrogens is 1. The van der Waals surface area contributed by atoms with Crippen LogP contribution in [0.3, 0.4) is 0 Å². The Labute approximate surface area is 373 Å². The van der Waals surface area contributed by atoms with Crippen molar-refractivity contribution in [2.24, 2.45) is 0 Å². The Morgan fingerprint density at radius 2 is 0.812 bits per heavy atom. The Bertz CT molecular complexity index is 3550. The maximum Gasteiger partial charge on any atom is 0.252 e. The van der Waals surface area contributed by atoms with Crippen LogP contribution in [-0.2, 0) is 0 Å². The Morgan fingerprint density at radius 1 is 0.297 bits per heavy atom. The summed E-state index contributed by atoms with van der Waals surface area (Å²) in [4.78, 5) is 5.08. The number of nitrogens with zero attached hydrogens (tertiary/aromatic N) is 3. The predicted octanol–water partition coefficient (Wildman–Crippen LogP) is 13.9. The number of rotatable bonds is 6. The van der Waals surface area contributed by atoms with Gasteiger partial charge in [0.15, 0.2) is 0 Å². The minimum absolute atomic E-state index is 0.0299. The molecule has 0 saturated heterocycles. The van der Waals surface area contributed by atoms with Gasteiger partial charge < -0.3 is 14.4 Å². The van der Waals surface area contributed by atoms with E-state index in [2.05, 4.69) is 257 Å². The summed E-state index contributed by atoms with van der Waals surface area (Å²) >= 11 is 0. The molecule has 0 spiro atoms. The highest BCUT2D eigenvalue weighted by molar-refractivity contribution is 7.00. The molecular formula is C60H40BN3. The highest BCUT2D eigenvalue weighted by Crippen LogP contribution is 2.49. The van der Waals surface area contributed by atoms with Crippen molar-refractivity contribution < 1.29 is 0 Å². The van der Waals surface area contributed by atoms with Crippen molar-refractivity contribution in [2.45, 2.75) is 0 Å². The molecule has 0 amide bonds. The molecule has 64 heavy (non-hydrogen) atoms. The van der Waals surface area contributed by atoms with Gasteiger partial charge in [-0.1, -0.05) is 176 Å². The van der Waals surface area contributed by atoms with E-state index in [-0.39, 0.29) is 6.71 Å². The smallest absolute Gasteiger partial charge is 0.252 e. The van der Waals surface area contributed by atoms with Crippen LogP contribution in [0.5, 0.6) is 0 Å². The summed E-state index contributed by atoms with van der Waals surface area (Å²) in [6.45, 7) is -0.0299. The molecule has 2 aliphatic heterocycles. The first-order valence-corrected chi connectivity index (χ1v) is 22.1. The molecule has 1 aromatic heterocycles. The summed E-state index contributed by atoms with van der Waals surface area (Å²) in [6.07, 6.45) is 0. The third-order valence-electron chi connectivity index (χ3n) is 13.4. The zero-order valence-electron chi connectivity index (χ0n) is 35.0.